The Labute approximate surface area is 94.5 Å². The topological polar surface area (TPSA) is 55.0 Å². The van der Waals surface area contributed by atoms with Gasteiger partial charge in [0.05, 0.1) is 6.20 Å². The van der Waals surface area contributed by atoms with Crippen LogP contribution >= 0.6 is 11.6 Å². The van der Waals surface area contributed by atoms with Gasteiger partial charge in [0.1, 0.15) is 11.3 Å². The second-order valence-electron chi connectivity index (χ2n) is 4.05. The molecule has 82 valence electrons. The van der Waals surface area contributed by atoms with E-state index in [1.807, 2.05) is 0 Å². The minimum absolute atomic E-state index is 0.232. The van der Waals surface area contributed by atoms with Crippen LogP contribution in [-0.2, 0) is 0 Å². The van der Waals surface area contributed by atoms with Crippen molar-refractivity contribution in [1.82, 2.24) is 9.97 Å². The van der Waals surface area contributed by atoms with Crippen molar-refractivity contribution in [3.05, 3.63) is 17.5 Å². The highest BCUT2D eigenvalue weighted by Crippen LogP contribution is 2.28. The summed E-state index contributed by atoms with van der Waals surface area (Å²) in [6.07, 6.45) is 4.27. The van der Waals surface area contributed by atoms with Crippen LogP contribution in [-0.4, -0.2) is 29.1 Å². The van der Waals surface area contributed by atoms with Gasteiger partial charge < -0.3 is 10.6 Å². The van der Waals surface area contributed by atoms with Gasteiger partial charge in [-0.1, -0.05) is 11.6 Å². The van der Waals surface area contributed by atoms with Gasteiger partial charge in [0.2, 0.25) is 0 Å². The summed E-state index contributed by atoms with van der Waals surface area (Å²) in [7, 11) is 0. The maximum absolute atomic E-state index is 6.03. The summed E-state index contributed by atoms with van der Waals surface area (Å²) in [5, 5.41) is 0.614. The zero-order valence-corrected chi connectivity index (χ0v) is 9.48. The van der Waals surface area contributed by atoms with Crippen molar-refractivity contribution >= 4 is 17.4 Å². The first-order chi connectivity index (χ1) is 7.18. The maximum atomic E-state index is 6.03. The largest absolute Gasteiger partial charge is 0.355 e. The summed E-state index contributed by atoms with van der Waals surface area (Å²) in [5.41, 5.74) is 5.88. The molecule has 1 aromatic heterocycles. The SMILES string of the molecule is CC(N)C1CCN(c2ncncc2Cl)C1. The van der Waals surface area contributed by atoms with E-state index in [9.17, 15) is 0 Å². The van der Waals surface area contributed by atoms with Crippen molar-refractivity contribution in [3.63, 3.8) is 0 Å². The van der Waals surface area contributed by atoms with E-state index in [-0.39, 0.29) is 6.04 Å². The molecule has 0 spiro atoms. The quantitative estimate of drug-likeness (QED) is 0.826. The van der Waals surface area contributed by atoms with Crippen LogP contribution in [0.5, 0.6) is 0 Å². The number of rotatable bonds is 2. The van der Waals surface area contributed by atoms with Gasteiger partial charge in [0.25, 0.3) is 0 Å². The number of hydrogen-bond acceptors (Lipinski definition) is 4. The van der Waals surface area contributed by atoms with Crippen molar-refractivity contribution in [2.24, 2.45) is 11.7 Å². The lowest BCUT2D eigenvalue weighted by Crippen LogP contribution is -2.30. The van der Waals surface area contributed by atoms with Crippen molar-refractivity contribution in [3.8, 4) is 0 Å². The Bertz CT molecular complexity index is 342. The molecule has 0 radical (unpaired) electrons. The fraction of sp³-hybridized carbons (Fsp3) is 0.600. The Kier molecular flexibility index (Phi) is 3.07. The molecule has 5 heteroatoms. The van der Waals surface area contributed by atoms with Gasteiger partial charge in [-0.05, 0) is 19.3 Å². The maximum Gasteiger partial charge on any atom is 0.150 e. The summed E-state index contributed by atoms with van der Waals surface area (Å²) < 4.78 is 0. The number of nitrogens with zero attached hydrogens (tertiary/aromatic N) is 3. The number of hydrogen-bond donors (Lipinski definition) is 1. The van der Waals surface area contributed by atoms with Crippen LogP contribution in [0.3, 0.4) is 0 Å². The fourth-order valence-corrected chi connectivity index (χ4v) is 2.17. The Hall–Kier alpha value is -0.870. The Morgan fingerprint density at radius 3 is 3.07 bits per heavy atom. The predicted molar refractivity (Wildman–Crippen MR) is 61.0 cm³/mol. The third-order valence-electron chi connectivity index (χ3n) is 2.92. The minimum atomic E-state index is 0.232. The zero-order valence-electron chi connectivity index (χ0n) is 8.73. The molecule has 1 aliphatic heterocycles. The molecule has 2 rings (SSSR count). The van der Waals surface area contributed by atoms with Crippen LogP contribution in [0, 0.1) is 5.92 Å². The van der Waals surface area contributed by atoms with Gasteiger partial charge in [0, 0.05) is 19.1 Å². The van der Waals surface area contributed by atoms with E-state index in [0.29, 0.717) is 10.9 Å². The second-order valence-corrected chi connectivity index (χ2v) is 4.46. The monoisotopic (exact) mass is 226 g/mol. The van der Waals surface area contributed by atoms with E-state index >= 15 is 0 Å². The Balaban J connectivity index is 2.11. The molecule has 0 aliphatic carbocycles. The van der Waals surface area contributed by atoms with Crippen LogP contribution in [0.2, 0.25) is 5.02 Å². The van der Waals surface area contributed by atoms with Crippen molar-refractivity contribution in [2.45, 2.75) is 19.4 Å². The average Bonchev–Trinajstić information content (AvgIpc) is 2.67. The summed E-state index contributed by atoms with van der Waals surface area (Å²) in [6, 6.07) is 0.232. The summed E-state index contributed by atoms with van der Waals surface area (Å²) in [6.45, 7) is 3.97. The number of halogens is 1. The number of nitrogens with two attached hydrogens (primary N) is 1. The first-order valence-electron chi connectivity index (χ1n) is 5.14. The van der Waals surface area contributed by atoms with Gasteiger partial charge in [-0.15, -0.1) is 0 Å². The molecule has 0 amide bonds. The van der Waals surface area contributed by atoms with Crippen LogP contribution in [0.25, 0.3) is 0 Å². The molecule has 2 unspecified atom stereocenters. The third kappa shape index (κ3) is 2.21. The van der Waals surface area contributed by atoms with Gasteiger partial charge in [0.15, 0.2) is 5.82 Å². The molecule has 2 N–H and O–H groups in total. The van der Waals surface area contributed by atoms with Gasteiger partial charge in [-0.3, -0.25) is 0 Å². The van der Waals surface area contributed by atoms with Crippen LogP contribution in [0.1, 0.15) is 13.3 Å². The molecule has 0 aromatic carbocycles. The molecule has 2 atom stereocenters. The number of aromatic nitrogens is 2. The highest BCUT2D eigenvalue weighted by atomic mass is 35.5. The van der Waals surface area contributed by atoms with Gasteiger partial charge in [-0.25, -0.2) is 9.97 Å². The molecule has 1 saturated heterocycles. The molecule has 0 bridgehead atoms. The highest BCUT2D eigenvalue weighted by Gasteiger charge is 2.27. The highest BCUT2D eigenvalue weighted by molar-refractivity contribution is 6.32. The Morgan fingerprint density at radius 1 is 1.67 bits per heavy atom. The molecular weight excluding hydrogens is 212 g/mol. The molecule has 1 aliphatic rings. The first-order valence-corrected chi connectivity index (χ1v) is 5.52. The second kappa shape index (κ2) is 4.33. The van der Waals surface area contributed by atoms with Crippen LogP contribution in [0.4, 0.5) is 5.82 Å². The molecule has 2 heterocycles. The van der Waals surface area contributed by atoms with E-state index in [1.54, 1.807) is 6.20 Å². The fourth-order valence-electron chi connectivity index (χ4n) is 1.95. The molecule has 15 heavy (non-hydrogen) atoms. The lowest BCUT2D eigenvalue weighted by atomic mass is 10.0. The van der Waals surface area contributed by atoms with E-state index in [0.717, 1.165) is 25.3 Å². The molecule has 4 nitrogen and oxygen atoms in total. The normalized spacial score (nSPS) is 23.1. The zero-order chi connectivity index (χ0) is 10.8. The standard InChI is InChI=1S/C10H15ClN4/c1-7(12)8-2-3-15(5-8)10-9(11)4-13-6-14-10/h4,6-8H,2-3,5,12H2,1H3. The van der Waals surface area contributed by atoms with E-state index in [1.165, 1.54) is 6.33 Å². The molecule has 0 saturated carbocycles. The Morgan fingerprint density at radius 2 is 2.47 bits per heavy atom. The first kappa shape index (κ1) is 10.6. The minimum Gasteiger partial charge on any atom is -0.355 e. The predicted octanol–water partition coefficient (Wildman–Crippen LogP) is 1.30. The summed E-state index contributed by atoms with van der Waals surface area (Å²) in [5.74, 6) is 1.37. The summed E-state index contributed by atoms with van der Waals surface area (Å²) in [4.78, 5) is 10.3. The van der Waals surface area contributed by atoms with Gasteiger partial charge in [-0.2, -0.15) is 0 Å². The lowest BCUT2D eigenvalue weighted by molar-refractivity contribution is 0.488. The van der Waals surface area contributed by atoms with Crippen molar-refractivity contribution < 1.29 is 0 Å². The third-order valence-corrected chi connectivity index (χ3v) is 3.18. The van der Waals surface area contributed by atoms with Crippen molar-refractivity contribution in [1.29, 1.82) is 0 Å². The van der Waals surface area contributed by atoms with Crippen LogP contribution in [0.15, 0.2) is 12.5 Å². The molecule has 1 aromatic rings. The number of anilines is 1. The summed E-state index contributed by atoms with van der Waals surface area (Å²) >= 11 is 6.03. The molecule has 1 fully saturated rings. The van der Waals surface area contributed by atoms with E-state index in [4.69, 9.17) is 17.3 Å². The average molecular weight is 227 g/mol. The van der Waals surface area contributed by atoms with Gasteiger partial charge >= 0.3 is 0 Å². The lowest BCUT2D eigenvalue weighted by Gasteiger charge is -2.19. The molecular formula is C10H15ClN4. The van der Waals surface area contributed by atoms with Crippen LogP contribution < -0.4 is 10.6 Å². The smallest absolute Gasteiger partial charge is 0.150 e. The van der Waals surface area contributed by atoms with E-state index < -0.39 is 0 Å². The van der Waals surface area contributed by atoms with E-state index in [2.05, 4.69) is 21.8 Å². The van der Waals surface area contributed by atoms with Crippen molar-refractivity contribution in [2.75, 3.05) is 18.0 Å².